The standard InChI is InChI=1S/C35H35BrN4O7/c1-18(2)46-34(44)22-9-7-11-25(15-22)39-32(42)29(20(5)37-39)31(27-17-24(36)13-14-28(27)41)30-21(6)38-40(33(30)43)26-12-8-10-23(16-26)35(45)47-19(3)4/h7-19,31,37-38,41H,1-6H3. The van der Waals surface area contributed by atoms with Crippen molar-refractivity contribution in [1.82, 2.24) is 19.6 Å². The molecule has 12 heteroatoms. The van der Waals surface area contributed by atoms with Crippen LogP contribution in [0, 0.1) is 13.8 Å². The molecule has 5 aromatic rings. The third kappa shape index (κ3) is 6.73. The van der Waals surface area contributed by atoms with Crippen LogP contribution in [0.2, 0.25) is 0 Å². The summed E-state index contributed by atoms with van der Waals surface area (Å²) in [6, 6.07) is 17.7. The highest BCUT2D eigenvalue weighted by atomic mass is 79.9. The van der Waals surface area contributed by atoms with E-state index in [0.29, 0.717) is 32.8 Å². The van der Waals surface area contributed by atoms with Gasteiger partial charge in [0.15, 0.2) is 0 Å². The van der Waals surface area contributed by atoms with Crippen molar-refractivity contribution in [2.75, 3.05) is 0 Å². The van der Waals surface area contributed by atoms with Crippen molar-refractivity contribution < 1.29 is 24.2 Å². The maximum absolute atomic E-state index is 14.3. The van der Waals surface area contributed by atoms with E-state index in [1.807, 2.05) is 0 Å². The molecule has 5 rings (SSSR count). The fourth-order valence-corrected chi connectivity index (χ4v) is 5.86. The Balaban J connectivity index is 1.70. The van der Waals surface area contributed by atoms with Crippen molar-refractivity contribution in [3.63, 3.8) is 0 Å². The van der Waals surface area contributed by atoms with Gasteiger partial charge in [-0.2, -0.15) is 0 Å². The minimum Gasteiger partial charge on any atom is -0.508 e. The van der Waals surface area contributed by atoms with Crippen LogP contribution in [-0.2, 0) is 9.47 Å². The Labute approximate surface area is 278 Å². The average molecular weight is 704 g/mol. The van der Waals surface area contributed by atoms with Crippen molar-refractivity contribution in [3.05, 3.63) is 131 Å². The van der Waals surface area contributed by atoms with E-state index in [4.69, 9.17) is 9.47 Å². The number of hydrogen-bond acceptors (Lipinski definition) is 7. The number of halogens is 1. The van der Waals surface area contributed by atoms with Crippen LogP contribution in [0.5, 0.6) is 5.75 Å². The summed E-state index contributed by atoms with van der Waals surface area (Å²) in [5.41, 5.74) is 1.98. The van der Waals surface area contributed by atoms with Crippen molar-refractivity contribution in [3.8, 4) is 17.1 Å². The normalized spacial score (nSPS) is 11.4. The predicted octanol–water partition coefficient (Wildman–Crippen LogP) is 6.04. The second-order valence-corrected chi connectivity index (χ2v) is 12.6. The van der Waals surface area contributed by atoms with E-state index in [0.717, 1.165) is 0 Å². The number of H-pyrrole nitrogens is 2. The van der Waals surface area contributed by atoms with Gasteiger partial charge in [0.25, 0.3) is 11.1 Å². The second kappa shape index (κ2) is 13.3. The fraction of sp³-hybridized carbons (Fsp3) is 0.257. The van der Waals surface area contributed by atoms with E-state index >= 15 is 0 Å². The van der Waals surface area contributed by atoms with Gasteiger partial charge in [0, 0.05) is 21.4 Å². The van der Waals surface area contributed by atoms with E-state index in [2.05, 4.69) is 26.1 Å². The highest BCUT2D eigenvalue weighted by Crippen LogP contribution is 2.38. The molecule has 0 amide bonds. The number of hydrogen-bond donors (Lipinski definition) is 3. The topological polar surface area (TPSA) is 148 Å². The van der Waals surface area contributed by atoms with Crippen molar-refractivity contribution in [2.24, 2.45) is 0 Å². The number of phenols is 1. The van der Waals surface area contributed by atoms with Gasteiger partial charge in [0.2, 0.25) is 0 Å². The zero-order valence-corrected chi connectivity index (χ0v) is 28.3. The summed E-state index contributed by atoms with van der Waals surface area (Å²) in [5, 5.41) is 17.3. The number of esters is 2. The largest absolute Gasteiger partial charge is 0.508 e. The number of carbonyl (C=O) groups is 2. The van der Waals surface area contributed by atoms with Crippen LogP contribution in [0.1, 0.15) is 82.4 Å². The molecule has 0 aliphatic carbocycles. The van der Waals surface area contributed by atoms with Crippen LogP contribution in [0.25, 0.3) is 11.4 Å². The first-order chi connectivity index (χ1) is 22.3. The maximum Gasteiger partial charge on any atom is 0.338 e. The van der Waals surface area contributed by atoms with E-state index in [9.17, 15) is 24.3 Å². The van der Waals surface area contributed by atoms with Crippen molar-refractivity contribution >= 4 is 27.9 Å². The number of aromatic nitrogens is 4. The molecular weight excluding hydrogens is 668 g/mol. The first-order valence-corrected chi connectivity index (χ1v) is 15.8. The van der Waals surface area contributed by atoms with Gasteiger partial charge in [-0.1, -0.05) is 28.1 Å². The Morgan fingerprint density at radius 1 is 0.723 bits per heavy atom. The lowest BCUT2D eigenvalue weighted by Crippen LogP contribution is -2.25. The quantitative estimate of drug-likeness (QED) is 0.159. The molecule has 0 spiro atoms. The number of ether oxygens (including phenoxy) is 2. The summed E-state index contributed by atoms with van der Waals surface area (Å²) in [5.74, 6) is -2.19. The molecule has 3 N–H and O–H groups in total. The molecule has 0 unspecified atom stereocenters. The molecule has 2 heterocycles. The Bertz CT molecular complexity index is 1980. The Morgan fingerprint density at radius 2 is 1.17 bits per heavy atom. The van der Waals surface area contributed by atoms with Gasteiger partial charge in [-0.05, 0) is 96.1 Å². The molecule has 244 valence electrons. The van der Waals surface area contributed by atoms with Crippen LogP contribution >= 0.6 is 15.9 Å². The molecule has 0 saturated heterocycles. The van der Waals surface area contributed by atoms with Crippen LogP contribution in [0.3, 0.4) is 0 Å². The number of aromatic amines is 2. The summed E-state index contributed by atoms with van der Waals surface area (Å²) < 4.78 is 13.9. The van der Waals surface area contributed by atoms with E-state index in [1.165, 1.54) is 15.4 Å². The molecular formula is C35H35BrN4O7. The van der Waals surface area contributed by atoms with Gasteiger partial charge >= 0.3 is 11.9 Å². The smallest absolute Gasteiger partial charge is 0.338 e. The summed E-state index contributed by atoms with van der Waals surface area (Å²) in [6.07, 6.45) is -0.645. The van der Waals surface area contributed by atoms with Crippen LogP contribution in [-0.4, -0.2) is 48.8 Å². The minimum atomic E-state index is -1.02. The average Bonchev–Trinajstić information content (AvgIpc) is 3.48. The minimum absolute atomic E-state index is 0.117. The molecule has 11 nitrogen and oxygen atoms in total. The van der Waals surface area contributed by atoms with Gasteiger partial charge < -0.3 is 14.6 Å². The predicted molar refractivity (Wildman–Crippen MR) is 180 cm³/mol. The Hall–Kier alpha value is -5.10. The molecule has 0 aliphatic heterocycles. The summed E-state index contributed by atoms with van der Waals surface area (Å²) in [6.45, 7) is 10.4. The molecule has 0 fully saturated rings. The summed E-state index contributed by atoms with van der Waals surface area (Å²) in [7, 11) is 0. The van der Waals surface area contributed by atoms with Gasteiger partial charge in [-0.25, -0.2) is 19.0 Å². The third-order valence-electron chi connectivity index (χ3n) is 7.48. The number of nitrogens with one attached hydrogen (secondary N) is 2. The monoisotopic (exact) mass is 702 g/mol. The van der Waals surface area contributed by atoms with Gasteiger partial charge in [-0.15, -0.1) is 0 Å². The van der Waals surface area contributed by atoms with E-state index < -0.39 is 29.0 Å². The lowest BCUT2D eigenvalue weighted by atomic mass is 9.85. The number of aromatic hydroxyl groups is 1. The van der Waals surface area contributed by atoms with Crippen LogP contribution < -0.4 is 11.1 Å². The SMILES string of the molecule is Cc1[nH]n(-c2cccc(C(=O)OC(C)C)c2)c(=O)c1C(c1cc(Br)ccc1O)c1c(C)[nH]n(-c2cccc(C(=O)OC(C)C)c2)c1=O. The molecule has 0 atom stereocenters. The van der Waals surface area contributed by atoms with Crippen molar-refractivity contribution in [2.45, 2.75) is 59.7 Å². The first-order valence-electron chi connectivity index (χ1n) is 15.0. The highest BCUT2D eigenvalue weighted by Gasteiger charge is 2.33. The number of benzene rings is 3. The van der Waals surface area contributed by atoms with Crippen LogP contribution in [0.15, 0.2) is 80.8 Å². The zero-order valence-electron chi connectivity index (χ0n) is 26.8. The van der Waals surface area contributed by atoms with Gasteiger partial charge in [0.1, 0.15) is 5.75 Å². The first kappa shape index (κ1) is 33.3. The van der Waals surface area contributed by atoms with E-state index in [1.54, 1.807) is 102 Å². The molecule has 2 aromatic heterocycles. The number of phenolic OH excluding ortho intramolecular Hbond substituents is 1. The lowest BCUT2D eigenvalue weighted by Gasteiger charge is -2.17. The number of rotatable bonds is 9. The second-order valence-electron chi connectivity index (χ2n) is 11.7. The Kier molecular flexibility index (Phi) is 9.43. The lowest BCUT2D eigenvalue weighted by molar-refractivity contribution is 0.0367. The molecule has 0 radical (unpaired) electrons. The molecule has 0 bridgehead atoms. The van der Waals surface area contributed by atoms with Gasteiger partial charge in [-0.3, -0.25) is 19.8 Å². The van der Waals surface area contributed by atoms with Crippen LogP contribution in [0.4, 0.5) is 0 Å². The van der Waals surface area contributed by atoms with E-state index in [-0.39, 0.29) is 40.2 Å². The molecule has 47 heavy (non-hydrogen) atoms. The third-order valence-corrected chi connectivity index (χ3v) is 7.97. The van der Waals surface area contributed by atoms with Gasteiger partial charge in [0.05, 0.1) is 51.8 Å². The molecule has 0 saturated carbocycles. The van der Waals surface area contributed by atoms with Crippen molar-refractivity contribution in [1.29, 1.82) is 0 Å². The number of aryl methyl sites for hydroxylation is 2. The Morgan fingerprint density at radius 3 is 1.60 bits per heavy atom. The zero-order chi connectivity index (χ0) is 34.2. The number of nitrogens with zero attached hydrogens (tertiary/aromatic N) is 2. The fourth-order valence-electron chi connectivity index (χ4n) is 5.48. The maximum atomic E-state index is 14.3. The summed E-state index contributed by atoms with van der Waals surface area (Å²) >= 11 is 3.46. The molecule has 0 aliphatic rings. The molecule has 3 aromatic carbocycles. The summed E-state index contributed by atoms with van der Waals surface area (Å²) in [4.78, 5) is 53.8. The number of carbonyl (C=O) groups excluding carboxylic acids is 2. The highest BCUT2D eigenvalue weighted by molar-refractivity contribution is 9.10.